The smallest absolute Gasteiger partial charge is 0.232 e. The second kappa shape index (κ2) is 7.44. The molecule has 1 saturated carbocycles. The van der Waals surface area contributed by atoms with Crippen molar-refractivity contribution in [2.75, 3.05) is 18.1 Å². The van der Waals surface area contributed by atoms with E-state index in [2.05, 4.69) is 10.2 Å². The summed E-state index contributed by atoms with van der Waals surface area (Å²) in [5.74, 6) is 2.72. The monoisotopic (exact) mass is 375 g/mol. The van der Waals surface area contributed by atoms with Gasteiger partial charge in [0, 0.05) is 26.3 Å². The third kappa shape index (κ3) is 3.81. The third-order valence-electron chi connectivity index (χ3n) is 5.08. The number of aromatic nitrogens is 4. The van der Waals surface area contributed by atoms with Crippen LogP contribution in [0, 0.1) is 5.92 Å². The number of carbonyl (C=O) groups excluding carboxylic acids is 1. The first-order chi connectivity index (χ1) is 12.6. The maximum atomic E-state index is 12.5. The summed E-state index contributed by atoms with van der Waals surface area (Å²) in [6.45, 7) is 2.10. The highest BCUT2D eigenvalue weighted by Gasteiger charge is 2.25. The van der Waals surface area contributed by atoms with Crippen molar-refractivity contribution in [2.45, 2.75) is 38.5 Å². The van der Waals surface area contributed by atoms with Gasteiger partial charge in [-0.2, -0.15) is 22.0 Å². The van der Waals surface area contributed by atoms with Crippen molar-refractivity contribution >= 4 is 17.7 Å². The Morgan fingerprint density at radius 3 is 3.00 bits per heavy atom. The number of aliphatic hydroxyl groups excluding tert-OH is 1. The molecule has 0 radical (unpaired) electrons. The van der Waals surface area contributed by atoms with Gasteiger partial charge in [0.2, 0.25) is 5.91 Å². The van der Waals surface area contributed by atoms with E-state index in [1.807, 2.05) is 15.6 Å². The summed E-state index contributed by atoms with van der Waals surface area (Å²) in [7, 11) is 1.80. The zero-order valence-electron chi connectivity index (χ0n) is 15.0. The summed E-state index contributed by atoms with van der Waals surface area (Å²) in [4.78, 5) is 14.5. The van der Waals surface area contributed by atoms with Gasteiger partial charge in [-0.3, -0.25) is 14.2 Å². The minimum Gasteiger partial charge on any atom is -0.380 e. The number of carbonyl (C=O) groups is 1. The molecular weight excluding hydrogens is 350 g/mol. The molecule has 4 rings (SSSR count). The van der Waals surface area contributed by atoms with Gasteiger partial charge in [-0.1, -0.05) is 0 Å². The summed E-state index contributed by atoms with van der Waals surface area (Å²) < 4.78 is 3.59. The Labute approximate surface area is 157 Å². The normalized spacial score (nSPS) is 18.5. The van der Waals surface area contributed by atoms with E-state index in [0.29, 0.717) is 23.7 Å². The molecule has 2 aromatic heterocycles. The molecule has 1 aliphatic carbocycles. The molecule has 8 heteroatoms. The Bertz CT molecular complexity index is 782. The SMILES string of the molecule is Cn1nccc1[C@H](O)c1cc2n(n1)CCCN(C(=O)CSCC1CC1)C2. The number of hydrogen-bond donors (Lipinski definition) is 1. The molecular formula is C18H25N5O2S. The van der Waals surface area contributed by atoms with Gasteiger partial charge >= 0.3 is 0 Å². The van der Waals surface area contributed by atoms with Crippen LogP contribution in [0.5, 0.6) is 0 Å². The van der Waals surface area contributed by atoms with E-state index in [9.17, 15) is 9.90 Å². The summed E-state index contributed by atoms with van der Waals surface area (Å²) in [6, 6.07) is 3.71. The standard InChI is InChI=1S/C18H25N5O2S/c1-21-16(5-6-19-21)18(25)15-9-14-10-22(7-2-8-23(14)20-15)17(24)12-26-11-13-3-4-13/h5-6,9,13,18,25H,2-4,7-8,10-12H2,1H3/t18-/m1/s1. The summed E-state index contributed by atoms with van der Waals surface area (Å²) in [5.41, 5.74) is 2.31. The van der Waals surface area contributed by atoms with Gasteiger partial charge < -0.3 is 10.0 Å². The molecule has 0 bridgehead atoms. The minimum absolute atomic E-state index is 0.207. The predicted molar refractivity (Wildman–Crippen MR) is 99.6 cm³/mol. The van der Waals surface area contributed by atoms with Crippen molar-refractivity contribution in [3.63, 3.8) is 0 Å². The average Bonchev–Trinajstić information content (AvgIpc) is 3.28. The van der Waals surface area contributed by atoms with E-state index < -0.39 is 6.10 Å². The van der Waals surface area contributed by atoms with Crippen molar-refractivity contribution in [1.29, 1.82) is 0 Å². The number of hydrogen-bond acceptors (Lipinski definition) is 5. The molecule has 0 unspecified atom stereocenters. The fourth-order valence-electron chi connectivity index (χ4n) is 3.32. The topological polar surface area (TPSA) is 76.2 Å². The van der Waals surface area contributed by atoms with Crippen molar-refractivity contribution in [2.24, 2.45) is 13.0 Å². The minimum atomic E-state index is -0.805. The van der Waals surface area contributed by atoms with Gasteiger partial charge in [0.05, 0.1) is 29.4 Å². The average molecular weight is 375 g/mol. The van der Waals surface area contributed by atoms with Crippen LogP contribution in [0.1, 0.15) is 42.4 Å². The van der Waals surface area contributed by atoms with E-state index in [4.69, 9.17) is 0 Å². The molecule has 26 heavy (non-hydrogen) atoms. The number of aliphatic hydroxyl groups is 1. The lowest BCUT2D eigenvalue weighted by Gasteiger charge is -2.19. The Morgan fingerprint density at radius 2 is 2.27 bits per heavy atom. The summed E-state index contributed by atoms with van der Waals surface area (Å²) >= 11 is 1.76. The molecule has 1 N–H and O–H groups in total. The third-order valence-corrected chi connectivity index (χ3v) is 6.24. The fourth-order valence-corrected chi connectivity index (χ4v) is 4.47. The maximum absolute atomic E-state index is 12.5. The van der Waals surface area contributed by atoms with E-state index in [1.165, 1.54) is 12.8 Å². The number of thioether (sulfide) groups is 1. The zero-order valence-corrected chi connectivity index (χ0v) is 15.9. The Morgan fingerprint density at radius 1 is 1.42 bits per heavy atom. The van der Waals surface area contributed by atoms with E-state index in [0.717, 1.165) is 36.9 Å². The largest absolute Gasteiger partial charge is 0.380 e. The second-order valence-corrected chi connectivity index (χ2v) is 8.22. The number of rotatable bonds is 6. The molecule has 1 fully saturated rings. The van der Waals surface area contributed by atoms with Crippen LogP contribution in [-0.2, 0) is 24.9 Å². The van der Waals surface area contributed by atoms with Crippen LogP contribution in [0.3, 0.4) is 0 Å². The van der Waals surface area contributed by atoms with Crippen LogP contribution >= 0.6 is 11.8 Å². The van der Waals surface area contributed by atoms with Gasteiger partial charge in [0.25, 0.3) is 0 Å². The zero-order chi connectivity index (χ0) is 18.1. The van der Waals surface area contributed by atoms with Crippen molar-refractivity contribution < 1.29 is 9.90 Å². The molecule has 140 valence electrons. The van der Waals surface area contributed by atoms with Crippen LogP contribution < -0.4 is 0 Å². The van der Waals surface area contributed by atoms with Gasteiger partial charge in [0.15, 0.2) is 0 Å². The Balaban J connectivity index is 1.43. The Kier molecular flexibility index (Phi) is 5.04. The van der Waals surface area contributed by atoms with Crippen molar-refractivity contribution in [3.05, 3.63) is 35.4 Å². The number of nitrogens with zero attached hydrogens (tertiary/aromatic N) is 5. The molecule has 0 spiro atoms. The van der Waals surface area contributed by atoms with E-state index in [-0.39, 0.29) is 5.91 Å². The van der Waals surface area contributed by atoms with Crippen molar-refractivity contribution in [3.8, 4) is 0 Å². The lowest BCUT2D eigenvalue weighted by atomic mass is 10.2. The first kappa shape index (κ1) is 17.6. The molecule has 2 aromatic rings. The van der Waals surface area contributed by atoms with Gasteiger partial charge in [-0.25, -0.2) is 0 Å². The highest BCUT2D eigenvalue weighted by molar-refractivity contribution is 7.99. The number of fused-ring (bicyclic) bond motifs is 1. The lowest BCUT2D eigenvalue weighted by molar-refractivity contribution is -0.128. The van der Waals surface area contributed by atoms with Gasteiger partial charge in [-0.05, 0) is 43.1 Å². The second-order valence-electron chi connectivity index (χ2n) is 7.19. The van der Waals surface area contributed by atoms with Crippen LogP contribution in [0.25, 0.3) is 0 Å². The van der Waals surface area contributed by atoms with Crippen LogP contribution in [0.15, 0.2) is 18.3 Å². The Hall–Kier alpha value is -1.80. The summed E-state index contributed by atoms with van der Waals surface area (Å²) in [5, 5.41) is 19.3. The number of aryl methyl sites for hydroxylation is 2. The fraction of sp³-hybridized carbons (Fsp3) is 0.611. The molecule has 1 atom stereocenters. The highest BCUT2D eigenvalue weighted by Crippen LogP contribution is 2.32. The van der Waals surface area contributed by atoms with Gasteiger partial charge in [0.1, 0.15) is 6.10 Å². The predicted octanol–water partition coefficient (Wildman–Crippen LogP) is 1.57. The van der Waals surface area contributed by atoms with E-state index in [1.54, 1.807) is 35.8 Å². The maximum Gasteiger partial charge on any atom is 0.232 e. The van der Waals surface area contributed by atoms with Crippen LogP contribution in [0.2, 0.25) is 0 Å². The van der Waals surface area contributed by atoms with E-state index >= 15 is 0 Å². The number of amides is 1. The van der Waals surface area contributed by atoms with Crippen molar-refractivity contribution in [1.82, 2.24) is 24.5 Å². The van der Waals surface area contributed by atoms with Crippen LogP contribution in [0.4, 0.5) is 0 Å². The van der Waals surface area contributed by atoms with Gasteiger partial charge in [-0.15, -0.1) is 0 Å². The molecule has 1 amide bonds. The molecule has 7 nitrogen and oxygen atoms in total. The first-order valence-electron chi connectivity index (χ1n) is 9.20. The van der Waals surface area contributed by atoms with Crippen LogP contribution in [-0.4, -0.2) is 53.5 Å². The quantitative estimate of drug-likeness (QED) is 0.829. The highest BCUT2D eigenvalue weighted by atomic mass is 32.2. The molecule has 1 aliphatic heterocycles. The summed E-state index contributed by atoms with van der Waals surface area (Å²) in [6.07, 6.45) is 4.39. The molecule has 0 aromatic carbocycles. The molecule has 3 heterocycles. The lowest BCUT2D eigenvalue weighted by Crippen LogP contribution is -2.32. The molecule has 0 saturated heterocycles. The first-order valence-corrected chi connectivity index (χ1v) is 10.4. The molecule has 2 aliphatic rings.